The molecule has 0 saturated carbocycles. The molecule has 3 nitrogen and oxygen atoms in total. The Morgan fingerprint density at radius 2 is 1.94 bits per heavy atom. The van der Waals surface area contributed by atoms with Crippen LogP contribution in [0, 0.1) is 5.82 Å². The summed E-state index contributed by atoms with van der Waals surface area (Å²) in [6.45, 7) is 3.33. The second-order valence-electron chi connectivity index (χ2n) is 3.91. The van der Waals surface area contributed by atoms with Crippen molar-refractivity contribution in [3.05, 3.63) is 53.7 Å². The molecule has 1 aromatic heterocycles. The van der Waals surface area contributed by atoms with Gasteiger partial charge in [-0.05, 0) is 43.3 Å². The summed E-state index contributed by atoms with van der Waals surface area (Å²) < 4.78 is 18.2. The Morgan fingerprint density at radius 1 is 1.22 bits per heavy atom. The lowest BCUT2D eigenvalue weighted by Gasteiger charge is -2.21. The number of rotatable bonds is 5. The Bertz CT molecular complexity index is 519. The molecule has 0 atom stereocenters. The van der Waals surface area contributed by atoms with Gasteiger partial charge in [0, 0.05) is 12.2 Å². The summed E-state index contributed by atoms with van der Waals surface area (Å²) in [5, 5.41) is 0. The number of anilines is 1. The van der Waals surface area contributed by atoms with Crippen LogP contribution in [0.4, 0.5) is 10.1 Å². The van der Waals surface area contributed by atoms with Crippen LogP contribution < -0.4 is 4.90 Å². The van der Waals surface area contributed by atoms with Gasteiger partial charge in [0.15, 0.2) is 12.0 Å². The van der Waals surface area contributed by atoms with Gasteiger partial charge in [-0.1, -0.05) is 0 Å². The largest absolute Gasteiger partial charge is 0.456 e. The molecule has 0 radical (unpaired) electrons. The molecule has 0 saturated heterocycles. The molecule has 0 spiro atoms. The topological polar surface area (TPSA) is 33.5 Å². The number of hydrogen-bond acceptors (Lipinski definition) is 3. The third-order valence-corrected chi connectivity index (χ3v) is 2.72. The van der Waals surface area contributed by atoms with E-state index in [2.05, 4.69) is 0 Å². The molecular formula is C14H14FNO2. The molecule has 0 amide bonds. The highest BCUT2D eigenvalue weighted by molar-refractivity contribution is 5.70. The Morgan fingerprint density at radius 3 is 2.50 bits per heavy atom. The van der Waals surface area contributed by atoms with E-state index in [4.69, 9.17) is 4.42 Å². The lowest BCUT2D eigenvalue weighted by Crippen LogP contribution is -2.21. The minimum Gasteiger partial charge on any atom is -0.456 e. The normalized spacial score (nSPS) is 10.3. The minimum atomic E-state index is -0.254. The maximum absolute atomic E-state index is 12.9. The molecule has 4 heteroatoms. The van der Waals surface area contributed by atoms with Crippen LogP contribution >= 0.6 is 0 Å². The van der Waals surface area contributed by atoms with Gasteiger partial charge in [0.1, 0.15) is 11.6 Å². The number of hydrogen-bond donors (Lipinski definition) is 0. The van der Waals surface area contributed by atoms with Crippen LogP contribution in [-0.4, -0.2) is 12.8 Å². The zero-order valence-electron chi connectivity index (χ0n) is 10.1. The highest BCUT2D eigenvalue weighted by atomic mass is 19.1. The van der Waals surface area contributed by atoms with E-state index in [1.807, 2.05) is 11.8 Å². The molecule has 0 fully saturated rings. The number of aldehydes is 1. The zero-order chi connectivity index (χ0) is 13.0. The molecule has 1 aromatic carbocycles. The summed E-state index contributed by atoms with van der Waals surface area (Å²) in [6, 6.07) is 9.72. The first-order valence-electron chi connectivity index (χ1n) is 5.77. The van der Waals surface area contributed by atoms with E-state index in [9.17, 15) is 9.18 Å². The van der Waals surface area contributed by atoms with Crippen molar-refractivity contribution in [2.45, 2.75) is 13.5 Å². The summed E-state index contributed by atoms with van der Waals surface area (Å²) in [5.41, 5.74) is 0.919. The molecule has 0 bridgehead atoms. The van der Waals surface area contributed by atoms with Crippen molar-refractivity contribution in [2.24, 2.45) is 0 Å². The monoisotopic (exact) mass is 247 g/mol. The first kappa shape index (κ1) is 12.4. The Balaban J connectivity index is 2.13. The maximum atomic E-state index is 12.9. The third-order valence-electron chi connectivity index (χ3n) is 2.72. The van der Waals surface area contributed by atoms with Crippen LogP contribution in [0.5, 0.6) is 0 Å². The second-order valence-corrected chi connectivity index (χ2v) is 3.91. The van der Waals surface area contributed by atoms with E-state index in [0.29, 0.717) is 24.4 Å². The van der Waals surface area contributed by atoms with E-state index < -0.39 is 0 Å². The van der Waals surface area contributed by atoms with Crippen LogP contribution in [0.1, 0.15) is 23.2 Å². The van der Waals surface area contributed by atoms with Gasteiger partial charge in [0.05, 0.1) is 6.54 Å². The third kappa shape index (κ3) is 2.77. The smallest absolute Gasteiger partial charge is 0.185 e. The summed E-state index contributed by atoms with van der Waals surface area (Å²) in [6.07, 6.45) is 0.678. The van der Waals surface area contributed by atoms with Crippen LogP contribution in [-0.2, 0) is 6.54 Å². The zero-order valence-corrected chi connectivity index (χ0v) is 10.1. The Kier molecular flexibility index (Phi) is 3.77. The molecule has 0 aliphatic rings. The first-order chi connectivity index (χ1) is 8.72. The van der Waals surface area contributed by atoms with Gasteiger partial charge >= 0.3 is 0 Å². The highest BCUT2D eigenvalue weighted by Crippen LogP contribution is 2.18. The van der Waals surface area contributed by atoms with Crippen LogP contribution in [0.15, 0.2) is 40.8 Å². The van der Waals surface area contributed by atoms with Crippen molar-refractivity contribution in [1.29, 1.82) is 0 Å². The average molecular weight is 247 g/mol. The fourth-order valence-corrected chi connectivity index (χ4v) is 1.77. The number of nitrogens with zero attached hydrogens (tertiary/aromatic N) is 1. The van der Waals surface area contributed by atoms with Gasteiger partial charge < -0.3 is 9.32 Å². The summed E-state index contributed by atoms with van der Waals surface area (Å²) >= 11 is 0. The molecule has 0 aliphatic carbocycles. The van der Waals surface area contributed by atoms with Gasteiger partial charge in [0.2, 0.25) is 0 Å². The maximum Gasteiger partial charge on any atom is 0.185 e. The summed E-state index contributed by atoms with van der Waals surface area (Å²) in [5.74, 6) is 0.777. The number of carbonyl (C=O) groups excluding carboxylic acids is 1. The lowest BCUT2D eigenvalue weighted by molar-refractivity contribution is 0.109. The molecule has 0 aliphatic heterocycles. The van der Waals surface area contributed by atoms with E-state index in [1.165, 1.54) is 12.1 Å². The average Bonchev–Trinajstić information content (AvgIpc) is 2.85. The first-order valence-corrected chi connectivity index (χ1v) is 5.77. The molecule has 2 rings (SSSR count). The van der Waals surface area contributed by atoms with Crippen molar-refractivity contribution in [2.75, 3.05) is 11.4 Å². The molecular weight excluding hydrogens is 233 g/mol. The quantitative estimate of drug-likeness (QED) is 0.760. The van der Waals surface area contributed by atoms with Crippen LogP contribution in [0.3, 0.4) is 0 Å². The van der Waals surface area contributed by atoms with Crippen molar-refractivity contribution < 1.29 is 13.6 Å². The molecule has 18 heavy (non-hydrogen) atoms. The number of benzene rings is 1. The van der Waals surface area contributed by atoms with Crippen LogP contribution in [0.25, 0.3) is 0 Å². The summed E-state index contributed by atoms with van der Waals surface area (Å²) in [7, 11) is 0. The van der Waals surface area contributed by atoms with Gasteiger partial charge in [0.25, 0.3) is 0 Å². The summed E-state index contributed by atoms with van der Waals surface area (Å²) in [4.78, 5) is 12.6. The number of halogens is 1. The van der Waals surface area contributed by atoms with Gasteiger partial charge in [-0.2, -0.15) is 0 Å². The standard InChI is InChI=1S/C14H14FNO2/c1-2-16(12-5-3-11(15)4-6-12)9-13-7-8-14(10-17)18-13/h3-8,10H,2,9H2,1H3. The minimum absolute atomic E-state index is 0.254. The molecule has 2 aromatic rings. The van der Waals surface area contributed by atoms with Crippen molar-refractivity contribution in [3.8, 4) is 0 Å². The number of carbonyl (C=O) groups is 1. The van der Waals surface area contributed by atoms with Gasteiger partial charge in [-0.3, -0.25) is 4.79 Å². The van der Waals surface area contributed by atoms with Crippen molar-refractivity contribution in [3.63, 3.8) is 0 Å². The van der Waals surface area contributed by atoms with Crippen molar-refractivity contribution in [1.82, 2.24) is 0 Å². The Labute approximate surface area is 105 Å². The van der Waals surface area contributed by atoms with Gasteiger partial charge in [-0.15, -0.1) is 0 Å². The predicted octanol–water partition coefficient (Wildman–Crippen LogP) is 3.26. The SMILES string of the molecule is CCN(Cc1ccc(C=O)o1)c1ccc(F)cc1. The van der Waals surface area contributed by atoms with E-state index in [1.54, 1.807) is 24.3 Å². The highest BCUT2D eigenvalue weighted by Gasteiger charge is 2.08. The van der Waals surface area contributed by atoms with Gasteiger partial charge in [-0.25, -0.2) is 4.39 Å². The van der Waals surface area contributed by atoms with Crippen molar-refractivity contribution >= 4 is 12.0 Å². The fourth-order valence-electron chi connectivity index (χ4n) is 1.77. The fraction of sp³-hybridized carbons (Fsp3) is 0.214. The van der Waals surface area contributed by atoms with E-state index >= 15 is 0 Å². The molecule has 0 N–H and O–H groups in total. The second kappa shape index (κ2) is 5.49. The molecule has 94 valence electrons. The molecule has 1 heterocycles. The Hall–Kier alpha value is -2.10. The number of furan rings is 1. The van der Waals surface area contributed by atoms with Crippen LogP contribution in [0.2, 0.25) is 0 Å². The van der Waals surface area contributed by atoms with E-state index in [-0.39, 0.29) is 5.82 Å². The van der Waals surface area contributed by atoms with E-state index in [0.717, 1.165) is 12.2 Å². The lowest BCUT2D eigenvalue weighted by atomic mass is 10.2. The molecule has 0 unspecified atom stereocenters. The predicted molar refractivity (Wildman–Crippen MR) is 67.2 cm³/mol.